The molecule has 3 aromatic carbocycles. The standard InChI is InChI=1S/C20H16ClNO2/c21-18-12-6-4-8-15(18)14-24-20(23)17-11-5-7-13-19(17)22-16-9-2-1-3-10-16/h1-13,22H,14H2. The van der Waals surface area contributed by atoms with Gasteiger partial charge in [-0.2, -0.15) is 0 Å². The van der Waals surface area contributed by atoms with E-state index in [0.717, 1.165) is 11.3 Å². The van der Waals surface area contributed by atoms with Gasteiger partial charge in [0.25, 0.3) is 0 Å². The summed E-state index contributed by atoms with van der Waals surface area (Å²) in [5.74, 6) is -0.394. The van der Waals surface area contributed by atoms with E-state index in [2.05, 4.69) is 5.32 Å². The molecule has 0 radical (unpaired) electrons. The van der Waals surface area contributed by atoms with E-state index in [1.807, 2.05) is 66.7 Å². The molecule has 0 amide bonds. The van der Waals surface area contributed by atoms with Gasteiger partial charge in [-0.1, -0.05) is 60.1 Å². The van der Waals surface area contributed by atoms with E-state index < -0.39 is 5.97 Å². The van der Waals surface area contributed by atoms with Gasteiger partial charge < -0.3 is 10.1 Å². The second kappa shape index (κ2) is 7.66. The second-order valence-corrected chi connectivity index (χ2v) is 5.61. The van der Waals surface area contributed by atoms with E-state index in [1.165, 1.54) is 0 Å². The van der Waals surface area contributed by atoms with Gasteiger partial charge in [0.05, 0.1) is 11.3 Å². The van der Waals surface area contributed by atoms with Crippen LogP contribution in [0.5, 0.6) is 0 Å². The number of ether oxygens (including phenoxy) is 1. The maximum absolute atomic E-state index is 12.4. The Kier molecular flexibility index (Phi) is 5.14. The molecule has 3 aromatic rings. The van der Waals surface area contributed by atoms with Crippen LogP contribution in [0.15, 0.2) is 78.9 Å². The number of benzene rings is 3. The Bertz CT molecular complexity index is 834. The molecule has 0 aliphatic rings. The summed E-state index contributed by atoms with van der Waals surface area (Å²) in [6, 6.07) is 24.2. The number of hydrogen-bond donors (Lipinski definition) is 1. The van der Waals surface area contributed by atoms with Crippen LogP contribution in [0, 0.1) is 0 Å². The van der Waals surface area contributed by atoms with Crippen molar-refractivity contribution in [3.05, 3.63) is 95.0 Å². The van der Waals surface area contributed by atoms with Crippen molar-refractivity contribution in [1.82, 2.24) is 0 Å². The Balaban J connectivity index is 1.74. The number of halogens is 1. The third-order valence-electron chi connectivity index (χ3n) is 3.52. The fraction of sp³-hybridized carbons (Fsp3) is 0.0500. The van der Waals surface area contributed by atoms with Gasteiger partial charge >= 0.3 is 5.97 Å². The zero-order chi connectivity index (χ0) is 16.8. The van der Waals surface area contributed by atoms with E-state index in [4.69, 9.17) is 16.3 Å². The Labute approximate surface area is 145 Å². The fourth-order valence-corrected chi connectivity index (χ4v) is 2.47. The Morgan fingerprint density at radius 2 is 1.54 bits per heavy atom. The number of carbonyl (C=O) groups is 1. The predicted molar refractivity (Wildman–Crippen MR) is 96.7 cm³/mol. The molecule has 0 heterocycles. The largest absolute Gasteiger partial charge is 0.457 e. The van der Waals surface area contributed by atoms with Crippen LogP contribution < -0.4 is 5.32 Å². The lowest BCUT2D eigenvalue weighted by Crippen LogP contribution is -2.08. The Morgan fingerprint density at radius 1 is 0.875 bits per heavy atom. The van der Waals surface area contributed by atoms with Gasteiger partial charge in [-0.25, -0.2) is 4.79 Å². The first-order valence-corrected chi connectivity index (χ1v) is 7.93. The van der Waals surface area contributed by atoms with Crippen molar-refractivity contribution in [2.24, 2.45) is 0 Å². The highest BCUT2D eigenvalue weighted by Gasteiger charge is 2.13. The molecule has 0 atom stereocenters. The molecule has 120 valence electrons. The molecule has 3 rings (SSSR count). The van der Waals surface area contributed by atoms with Crippen molar-refractivity contribution in [3.8, 4) is 0 Å². The van der Waals surface area contributed by atoms with Crippen LogP contribution in [0.25, 0.3) is 0 Å². The third-order valence-corrected chi connectivity index (χ3v) is 3.89. The van der Waals surface area contributed by atoms with Crippen LogP contribution in [-0.2, 0) is 11.3 Å². The molecule has 0 aliphatic heterocycles. The zero-order valence-corrected chi connectivity index (χ0v) is 13.7. The van der Waals surface area contributed by atoms with E-state index in [9.17, 15) is 4.79 Å². The molecular weight excluding hydrogens is 322 g/mol. The van der Waals surface area contributed by atoms with Gasteiger partial charge in [-0.15, -0.1) is 0 Å². The number of rotatable bonds is 5. The first-order valence-electron chi connectivity index (χ1n) is 7.55. The average Bonchev–Trinajstić information content (AvgIpc) is 2.62. The Hall–Kier alpha value is -2.78. The lowest BCUT2D eigenvalue weighted by Gasteiger charge is -2.12. The summed E-state index contributed by atoms with van der Waals surface area (Å²) in [6.45, 7) is 0.137. The van der Waals surface area contributed by atoms with Crippen molar-refractivity contribution in [2.45, 2.75) is 6.61 Å². The Morgan fingerprint density at radius 3 is 2.33 bits per heavy atom. The molecule has 0 aliphatic carbocycles. The number of hydrogen-bond acceptors (Lipinski definition) is 3. The molecule has 1 N–H and O–H groups in total. The number of esters is 1. The number of nitrogens with one attached hydrogen (secondary N) is 1. The molecule has 0 spiro atoms. The van der Waals surface area contributed by atoms with Crippen molar-refractivity contribution >= 4 is 28.9 Å². The maximum Gasteiger partial charge on any atom is 0.340 e. The highest BCUT2D eigenvalue weighted by molar-refractivity contribution is 6.31. The van der Waals surface area contributed by atoms with Crippen LogP contribution in [0.2, 0.25) is 5.02 Å². The normalized spacial score (nSPS) is 10.2. The first-order chi connectivity index (χ1) is 11.7. The SMILES string of the molecule is O=C(OCc1ccccc1Cl)c1ccccc1Nc1ccccc1. The van der Waals surface area contributed by atoms with Crippen LogP contribution in [0.1, 0.15) is 15.9 Å². The molecule has 0 saturated heterocycles. The molecule has 0 aromatic heterocycles. The van der Waals surface area contributed by atoms with Gasteiger partial charge in [-0.3, -0.25) is 0 Å². The summed E-state index contributed by atoms with van der Waals surface area (Å²) in [5, 5.41) is 3.82. The van der Waals surface area contributed by atoms with Gasteiger partial charge in [0, 0.05) is 16.3 Å². The van der Waals surface area contributed by atoms with E-state index in [1.54, 1.807) is 12.1 Å². The average molecular weight is 338 g/mol. The van der Waals surface area contributed by atoms with Gasteiger partial charge in [0.15, 0.2) is 0 Å². The lowest BCUT2D eigenvalue weighted by molar-refractivity contribution is 0.0474. The summed E-state index contributed by atoms with van der Waals surface area (Å²) >= 11 is 6.09. The highest BCUT2D eigenvalue weighted by atomic mass is 35.5. The van der Waals surface area contributed by atoms with Crippen LogP contribution in [-0.4, -0.2) is 5.97 Å². The van der Waals surface area contributed by atoms with E-state index in [0.29, 0.717) is 16.3 Å². The van der Waals surface area contributed by atoms with E-state index >= 15 is 0 Å². The van der Waals surface area contributed by atoms with Crippen LogP contribution in [0.4, 0.5) is 11.4 Å². The minimum atomic E-state index is -0.394. The molecule has 24 heavy (non-hydrogen) atoms. The van der Waals surface area contributed by atoms with Crippen LogP contribution >= 0.6 is 11.6 Å². The summed E-state index contributed by atoms with van der Waals surface area (Å²) in [6.07, 6.45) is 0. The first kappa shape index (κ1) is 16.1. The topological polar surface area (TPSA) is 38.3 Å². The summed E-state index contributed by atoms with van der Waals surface area (Å²) < 4.78 is 5.41. The van der Waals surface area contributed by atoms with Gasteiger partial charge in [0.1, 0.15) is 6.61 Å². The van der Waals surface area contributed by atoms with Crippen molar-refractivity contribution in [2.75, 3.05) is 5.32 Å². The molecule has 0 bridgehead atoms. The minimum Gasteiger partial charge on any atom is -0.457 e. The molecule has 4 heteroatoms. The molecule has 3 nitrogen and oxygen atoms in total. The van der Waals surface area contributed by atoms with Gasteiger partial charge in [-0.05, 0) is 30.3 Å². The fourth-order valence-electron chi connectivity index (χ4n) is 2.28. The number of para-hydroxylation sites is 2. The predicted octanol–water partition coefficient (Wildman–Crippen LogP) is 5.44. The summed E-state index contributed by atoms with van der Waals surface area (Å²) in [5.41, 5.74) is 2.87. The highest BCUT2D eigenvalue weighted by Crippen LogP contribution is 2.22. The van der Waals surface area contributed by atoms with Gasteiger partial charge in [0.2, 0.25) is 0 Å². The molecule has 0 saturated carbocycles. The third kappa shape index (κ3) is 3.94. The second-order valence-electron chi connectivity index (χ2n) is 5.20. The van der Waals surface area contributed by atoms with E-state index in [-0.39, 0.29) is 6.61 Å². The quantitative estimate of drug-likeness (QED) is 0.630. The monoisotopic (exact) mass is 337 g/mol. The molecule has 0 unspecified atom stereocenters. The lowest BCUT2D eigenvalue weighted by atomic mass is 10.1. The summed E-state index contributed by atoms with van der Waals surface area (Å²) in [7, 11) is 0. The summed E-state index contributed by atoms with van der Waals surface area (Å²) in [4.78, 5) is 12.4. The smallest absolute Gasteiger partial charge is 0.340 e. The molecule has 0 fully saturated rings. The number of carbonyl (C=O) groups excluding carboxylic acids is 1. The zero-order valence-electron chi connectivity index (χ0n) is 12.9. The van der Waals surface area contributed by atoms with Crippen LogP contribution in [0.3, 0.4) is 0 Å². The maximum atomic E-state index is 12.4. The molecular formula is C20H16ClNO2. The van der Waals surface area contributed by atoms with Crippen molar-refractivity contribution < 1.29 is 9.53 Å². The number of anilines is 2. The minimum absolute atomic E-state index is 0.137. The van der Waals surface area contributed by atoms with Crippen molar-refractivity contribution in [1.29, 1.82) is 0 Å². The van der Waals surface area contributed by atoms with Crippen molar-refractivity contribution in [3.63, 3.8) is 0 Å².